The van der Waals surface area contributed by atoms with Crippen molar-refractivity contribution in [1.29, 1.82) is 0 Å². The number of carbonyl (C=O) groups is 1. The maximum absolute atomic E-state index is 12.7. The molecule has 24 heavy (non-hydrogen) atoms. The SMILES string of the molecule is CC(C)Cn1ccnc1CNC(=O)C1NCCOc2ccccc21. The van der Waals surface area contributed by atoms with Gasteiger partial charge in [0.1, 0.15) is 24.2 Å². The number of carbonyl (C=O) groups excluding carboxylic acids is 1. The summed E-state index contributed by atoms with van der Waals surface area (Å²) in [7, 11) is 0. The maximum atomic E-state index is 12.7. The highest BCUT2D eigenvalue weighted by atomic mass is 16.5. The van der Waals surface area contributed by atoms with Gasteiger partial charge in [0.05, 0.1) is 6.54 Å². The number of amides is 1. The van der Waals surface area contributed by atoms with Crippen LogP contribution in [0.15, 0.2) is 36.7 Å². The van der Waals surface area contributed by atoms with E-state index in [2.05, 4.69) is 34.0 Å². The number of nitrogens with zero attached hydrogens (tertiary/aromatic N) is 2. The van der Waals surface area contributed by atoms with Crippen LogP contribution in [0.1, 0.15) is 31.3 Å². The fourth-order valence-electron chi connectivity index (χ4n) is 2.89. The van der Waals surface area contributed by atoms with Crippen molar-refractivity contribution < 1.29 is 9.53 Å². The zero-order valence-electron chi connectivity index (χ0n) is 14.2. The second-order valence-electron chi connectivity index (χ2n) is 6.38. The molecule has 6 heteroatoms. The molecule has 0 saturated carbocycles. The molecule has 1 unspecified atom stereocenters. The number of aromatic nitrogens is 2. The summed E-state index contributed by atoms with van der Waals surface area (Å²) in [6.07, 6.45) is 3.73. The lowest BCUT2D eigenvalue weighted by molar-refractivity contribution is -0.123. The van der Waals surface area contributed by atoms with Crippen LogP contribution in [0.4, 0.5) is 0 Å². The monoisotopic (exact) mass is 328 g/mol. The van der Waals surface area contributed by atoms with Gasteiger partial charge in [-0.1, -0.05) is 32.0 Å². The summed E-state index contributed by atoms with van der Waals surface area (Å²) in [5, 5.41) is 6.25. The molecule has 1 amide bonds. The Morgan fingerprint density at radius 3 is 3.12 bits per heavy atom. The van der Waals surface area contributed by atoms with Gasteiger partial charge < -0.3 is 14.6 Å². The van der Waals surface area contributed by atoms with E-state index in [0.29, 0.717) is 25.6 Å². The number of hydrogen-bond acceptors (Lipinski definition) is 4. The highest BCUT2D eigenvalue weighted by molar-refractivity contribution is 5.84. The number of ether oxygens (including phenoxy) is 1. The Bertz CT molecular complexity index is 696. The fourth-order valence-corrected chi connectivity index (χ4v) is 2.89. The largest absolute Gasteiger partial charge is 0.492 e. The van der Waals surface area contributed by atoms with E-state index in [1.807, 2.05) is 30.5 Å². The first-order valence-electron chi connectivity index (χ1n) is 8.38. The van der Waals surface area contributed by atoms with E-state index >= 15 is 0 Å². The van der Waals surface area contributed by atoms with Gasteiger partial charge >= 0.3 is 0 Å². The van der Waals surface area contributed by atoms with Crippen LogP contribution in [-0.4, -0.2) is 28.6 Å². The minimum Gasteiger partial charge on any atom is -0.492 e. The summed E-state index contributed by atoms with van der Waals surface area (Å²) in [6.45, 7) is 6.82. The Hall–Kier alpha value is -2.34. The summed E-state index contributed by atoms with van der Waals surface area (Å²) >= 11 is 0. The van der Waals surface area contributed by atoms with Crippen LogP contribution in [0.2, 0.25) is 0 Å². The first kappa shape index (κ1) is 16.5. The van der Waals surface area contributed by atoms with Gasteiger partial charge in [-0.2, -0.15) is 0 Å². The van der Waals surface area contributed by atoms with E-state index in [1.165, 1.54) is 0 Å². The van der Waals surface area contributed by atoms with Crippen LogP contribution in [0.25, 0.3) is 0 Å². The van der Waals surface area contributed by atoms with Gasteiger partial charge in [0, 0.05) is 31.0 Å². The van der Waals surface area contributed by atoms with Crippen molar-refractivity contribution in [2.75, 3.05) is 13.2 Å². The Morgan fingerprint density at radius 2 is 2.29 bits per heavy atom. The molecular weight excluding hydrogens is 304 g/mol. The Labute approximate surface area is 142 Å². The fraction of sp³-hybridized carbons (Fsp3) is 0.444. The summed E-state index contributed by atoms with van der Waals surface area (Å²) < 4.78 is 7.77. The number of fused-ring (bicyclic) bond motifs is 1. The molecule has 0 saturated heterocycles. The summed E-state index contributed by atoms with van der Waals surface area (Å²) in [6, 6.07) is 7.26. The van der Waals surface area contributed by atoms with Crippen LogP contribution in [-0.2, 0) is 17.9 Å². The normalized spacial score (nSPS) is 17.0. The van der Waals surface area contributed by atoms with Gasteiger partial charge in [-0.05, 0) is 12.0 Å². The average molecular weight is 328 g/mol. The lowest BCUT2D eigenvalue weighted by Crippen LogP contribution is -2.38. The molecule has 0 fully saturated rings. The van der Waals surface area contributed by atoms with Gasteiger partial charge in [-0.25, -0.2) is 4.98 Å². The average Bonchev–Trinajstić information content (AvgIpc) is 2.88. The third-order valence-electron chi connectivity index (χ3n) is 3.98. The number of hydrogen-bond donors (Lipinski definition) is 2. The van der Waals surface area contributed by atoms with Gasteiger partial charge in [-0.15, -0.1) is 0 Å². The maximum Gasteiger partial charge on any atom is 0.242 e. The van der Waals surface area contributed by atoms with Crippen molar-refractivity contribution in [1.82, 2.24) is 20.2 Å². The van der Waals surface area contributed by atoms with Crippen molar-refractivity contribution in [3.63, 3.8) is 0 Å². The number of para-hydroxylation sites is 1. The third-order valence-corrected chi connectivity index (χ3v) is 3.98. The topological polar surface area (TPSA) is 68.2 Å². The number of benzene rings is 1. The molecule has 3 rings (SSSR count). The highest BCUT2D eigenvalue weighted by Gasteiger charge is 2.25. The quantitative estimate of drug-likeness (QED) is 0.879. The van der Waals surface area contributed by atoms with Gasteiger partial charge in [0.25, 0.3) is 0 Å². The predicted molar refractivity (Wildman–Crippen MR) is 91.6 cm³/mol. The third kappa shape index (κ3) is 3.76. The van der Waals surface area contributed by atoms with E-state index in [1.54, 1.807) is 6.20 Å². The summed E-state index contributed by atoms with van der Waals surface area (Å²) in [5.74, 6) is 2.10. The van der Waals surface area contributed by atoms with Crippen LogP contribution in [0, 0.1) is 5.92 Å². The second kappa shape index (κ2) is 7.49. The van der Waals surface area contributed by atoms with Gasteiger partial charge in [-0.3, -0.25) is 10.1 Å². The first-order valence-corrected chi connectivity index (χ1v) is 8.38. The highest BCUT2D eigenvalue weighted by Crippen LogP contribution is 2.27. The molecule has 0 spiro atoms. The molecule has 0 bridgehead atoms. The van der Waals surface area contributed by atoms with Crippen LogP contribution >= 0.6 is 0 Å². The van der Waals surface area contributed by atoms with Crippen molar-refractivity contribution in [3.05, 3.63) is 48.0 Å². The molecule has 1 atom stereocenters. The molecule has 1 aliphatic heterocycles. The van der Waals surface area contributed by atoms with Crippen LogP contribution in [0.3, 0.4) is 0 Å². The minimum absolute atomic E-state index is 0.0629. The molecule has 1 aromatic carbocycles. The zero-order chi connectivity index (χ0) is 16.9. The standard InChI is InChI=1S/C18H24N4O2/c1-13(2)12-22-9-7-19-16(22)11-21-18(23)17-14-5-3-4-6-15(14)24-10-8-20-17/h3-7,9,13,17,20H,8,10-12H2,1-2H3,(H,21,23). The molecule has 1 aromatic heterocycles. The second-order valence-corrected chi connectivity index (χ2v) is 6.38. The summed E-state index contributed by atoms with van der Waals surface area (Å²) in [5.41, 5.74) is 0.873. The lowest BCUT2D eigenvalue weighted by atomic mass is 10.1. The van der Waals surface area contributed by atoms with E-state index in [-0.39, 0.29) is 5.91 Å². The van der Waals surface area contributed by atoms with E-state index in [9.17, 15) is 4.79 Å². The molecule has 6 nitrogen and oxygen atoms in total. The Kier molecular flexibility index (Phi) is 5.15. The lowest BCUT2D eigenvalue weighted by Gasteiger charge is -2.17. The molecule has 1 aliphatic rings. The Morgan fingerprint density at radius 1 is 1.46 bits per heavy atom. The molecule has 0 radical (unpaired) electrons. The molecule has 2 N–H and O–H groups in total. The van der Waals surface area contributed by atoms with E-state index < -0.39 is 6.04 Å². The zero-order valence-corrected chi connectivity index (χ0v) is 14.2. The number of imidazole rings is 1. The van der Waals surface area contributed by atoms with Crippen molar-refractivity contribution in [3.8, 4) is 5.75 Å². The van der Waals surface area contributed by atoms with Crippen LogP contribution in [0.5, 0.6) is 5.75 Å². The van der Waals surface area contributed by atoms with Crippen molar-refractivity contribution in [2.24, 2.45) is 5.92 Å². The molecule has 2 aromatic rings. The minimum atomic E-state index is -0.405. The van der Waals surface area contributed by atoms with Gasteiger partial charge in [0.2, 0.25) is 5.91 Å². The van der Waals surface area contributed by atoms with Crippen LogP contribution < -0.4 is 15.4 Å². The van der Waals surface area contributed by atoms with Crippen molar-refractivity contribution in [2.45, 2.75) is 33.0 Å². The van der Waals surface area contributed by atoms with Gasteiger partial charge in [0.15, 0.2) is 0 Å². The molecule has 2 heterocycles. The van der Waals surface area contributed by atoms with E-state index in [0.717, 1.165) is 23.7 Å². The first-order chi connectivity index (χ1) is 11.6. The molecule has 0 aliphatic carbocycles. The summed E-state index contributed by atoms with van der Waals surface area (Å²) in [4.78, 5) is 17.0. The number of rotatable bonds is 5. The van der Waals surface area contributed by atoms with E-state index in [4.69, 9.17) is 4.74 Å². The molecular formula is C18H24N4O2. The predicted octanol–water partition coefficient (Wildman–Crippen LogP) is 1.88. The molecule has 128 valence electrons. The van der Waals surface area contributed by atoms with Crippen molar-refractivity contribution >= 4 is 5.91 Å². The number of nitrogens with one attached hydrogen (secondary N) is 2. The smallest absolute Gasteiger partial charge is 0.242 e. The Balaban J connectivity index is 1.68.